The van der Waals surface area contributed by atoms with E-state index in [1.54, 1.807) is 0 Å². The Morgan fingerprint density at radius 3 is 2.46 bits per heavy atom. The number of nitrogens with zero attached hydrogens (tertiary/aromatic N) is 2. The molecule has 0 aromatic rings. The summed E-state index contributed by atoms with van der Waals surface area (Å²) in [7, 11) is 3.82. The number of rotatable bonds is 4. The molecule has 1 unspecified atom stereocenters. The van der Waals surface area contributed by atoms with E-state index in [1.807, 2.05) is 46.1 Å². The molecule has 0 fully saturated rings. The number of allylic oxidation sites excluding steroid dienone is 1. The number of nitrogens with one attached hydrogen (secondary N) is 1. The SMILES string of the molecule is CN/C=C(C)/C(C)=N\N(C)C(C)Br. The standard InChI is InChI=1S/C9H18BrN3/c1-7(6-11-4)8(2)12-13(5)9(3)10/h6,9,11H,1-5H3/b7-6+,12-8-. The van der Waals surface area contributed by atoms with E-state index in [9.17, 15) is 0 Å². The Bertz CT molecular complexity index is 209. The van der Waals surface area contributed by atoms with Crippen LogP contribution < -0.4 is 5.32 Å². The van der Waals surface area contributed by atoms with Crippen LogP contribution in [0.25, 0.3) is 0 Å². The van der Waals surface area contributed by atoms with Crippen molar-refractivity contribution in [3.8, 4) is 0 Å². The Morgan fingerprint density at radius 2 is 2.08 bits per heavy atom. The van der Waals surface area contributed by atoms with Gasteiger partial charge in [0.15, 0.2) is 0 Å². The van der Waals surface area contributed by atoms with Crippen molar-refractivity contribution in [2.24, 2.45) is 5.10 Å². The topological polar surface area (TPSA) is 27.6 Å². The lowest BCUT2D eigenvalue weighted by atomic mass is 10.2. The molecule has 4 heteroatoms. The molecule has 0 aliphatic carbocycles. The highest BCUT2D eigenvalue weighted by Crippen LogP contribution is 2.05. The second-order valence-electron chi connectivity index (χ2n) is 2.95. The third-order valence-electron chi connectivity index (χ3n) is 1.75. The maximum absolute atomic E-state index is 4.39. The van der Waals surface area contributed by atoms with Gasteiger partial charge in [-0.25, -0.2) is 0 Å². The van der Waals surface area contributed by atoms with E-state index in [0.29, 0.717) is 0 Å². The zero-order chi connectivity index (χ0) is 10.4. The molecule has 76 valence electrons. The summed E-state index contributed by atoms with van der Waals surface area (Å²) in [6.07, 6.45) is 1.94. The third kappa shape index (κ3) is 4.93. The van der Waals surface area contributed by atoms with Gasteiger partial charge in [-0.15, -0.1) is 0 Å². The molecular weight excluding hydrogens is 230 g/mol. The van der Waals surface area contributed by atoms with E-state index in [4.69, 9.17) is 0 Å². The monoisotopic (exact) mass is 247 g/mol. The lowest BCUT2D eigenvalue weighted by Gasteiger charge is -2.17. The minimum Gasteiger partial charge on any atom is -0.394 e. The molecule has 0 aromatic carbocycles. The van der Waals surface area contributed by atoms with Crippen LogP contribution in [0, 0.1) is 0 Å². The van der Waals surface area contributed by atoms with Crippen molar-refractivity contribution in [3.05, 3.63) is 11.8 Å². The summed E-state index contributed by atoms with van der Waals surface area (Å²) >= 11 is 3.44. The summed E-state index contributed by atoms with van der Waals surface area (Å²) in [4.78, 5) is 0.254. The van der Waals surface area contributed by atoms with Gasteiger partial charge in [-0.3, -0.25) is 5.01 Å². The molecule has 3 nitrogen and oxygen atoms in total. The van der Waals surface area contributed by atoms with Crippen molar-refractivity contribution in [1.82, 2.24) is 10.3 Å². The minimum absolute atomic E-state index is 0.254. The van der Waals surface area contributed by atoms with E-state index < -0.39 is 0 Å². The van der Waals surface area contributed by atoms with Crippen LogP contribution >= 0.6 is 15.9 Å². The molecule has 0 aliphatic heterocycles. The predicted octanol–water partition coefficient (Wildman–Crippen LogP) is 2.16. The van der Waals surface area contributed by atoms with E-state index in [-0.39, 0.29) is 4.95 Å². The lowest BCUT2D eigenvalue weighted by molar-refractivity contribution is 0.353. The van der Waals surface area contributed by atoms with Gasteiger partial charge in [-0.05, 0) is 26.3 Å². The van der Waals surface area contributed by atoms with E-state index in [1.165, 1.54) is 0 Å². The summed E-state index contributed by atoms with van der Waals surface area (Å²) in [6, 6.07) is 0. The van der Waals surface area contributed by atoms with Crippen molar-refractivity contribution >= 4 is 21.6 Å². The highest BCUT2D eigenvalue weighted by molar-refractivity contribution is 9.09. The van der Waals surface area contributed by atoms with Crippen molar-refractivity contribution in [1.29, 1.82) is 0 Å². The molecule has 0 amide bonds. The number of hydrazone groups is 1. The Balaban J connectivity index is 4.39. The molecule has 0 saturated carbocycles. The van der Waals surface area contributed by atoms with E-state index >= 15 is 0 Å². The van der Waals surface area contributed by atoms with E-state index in [2.05, 4.69) is 26.3 Å². The minimum atomic E-state index is 0.254. The maximum Gasteiger partial charge on any atom is 0.0986 e. The van der Waals surface area contributed by atoms with Crippen molar-refractivity contribution in [2.45, 2.75) is 25.7 Å². The average Bonchev–Trinajstić information content (AvgIpc) is 2.04. The predicted molar refractivity (Wildman–Crippen MR) is 62.1 cm³/mol. The van der Waals surface area contributed by atoms with Crippen LogP contribution in [0.5, 0.6) is 0 Å². The van der Waals surface area contributed by atoms with E-state index in [0.717, 1.165) is 11.3 Å². The van der Waals surface area contributed by atoms with Crippen LogP contribution in [0.15, 0.2) is 16.9 Å². The first-order valence-corrected chi connectivity index (χ1v) is 5.17. The lowest BCUT2D eigenvalue weighted by Crippen LogP contribution is -2.19. The molecule has 13 heavy (non-hydrogen) atoms. The van der Waals surface area contributed by atoms with Crippen molar-refractivity contribution < 1.29 is 0 Å². The molecule has 1 N–H and O–H groups in total. The number of hydrogen-bond acceptors (Lipinski definition) is 3. The zero-order valence-electron chi connectivity index (χ0n) is 8.93. The van der Waals surface area contributed by atoms with Gasteiger partial charge in [0, 0.05) is 20.3 Å². The smallest absolute Gasteiger partial charge is 0.0986 e. The van der Waals surface area contributed by atoms with Gasteiger partial charge < -0.3 is 5.32 Å². The zero-order valence-corrected chi connectivity index (χ0v) is 10.5. The molecule has 1 atom stereocenters. The molecule has 0 rings (SSSR count). The Morgan fingerprint density at radius 1 is 1.54 bits per heavy atom. The summed E-state index contributed by atoms with van der Waals surface area (Å²) in [6.45, 7) is 6.06. The first-order valence-electron chi connectivity index (χ1n) is 4.25. The second kappa shape index (κ2) is 6.02. The molecule has 0 saturated heterocycles. The largest absolute Gasteiger partial charge is 0.394 e. The van der Waals surface area contributed by atoms with Crippen LogP contribution in [-0.4, -0.2) is 29.8 Å². The number of alkyl halides is 1. The summed E-state index contributed by atoms with van der Waals surface area (Å²) in [5.41, 5.74) is 2.16. The normalized spacial score (nSPS) is 15.5. The maximum atomic E-state index is 4.39. The molecule has 0 radical (unpaired) electrons. The third-order valence-corrected chi connectivity index (χ3v) is 2.35. The summed E-state index contributed by atoms with van der Waals surface area (Å²) in [5, 5.41) is 9.24. The van der Waals surface area contributed by atoms with Crippen molar-refractivity contribution in [3.63, 3.8) is 0 Å². The highest BCUT2D eigenvalue weighted by Gasteiger charge is 2.02. The number of hydrogen-bond donors (Lipinski definition) is 1. The number of halogens is 1. The molecular formula is C9H18BrN3. The van der Waals surface area contributed by atoms with Gasteiger partial charge in [-0.2, -0.15) is 5.10 Å². The molecule has 0 aliphatic rings. The van der Waals surface area contributed by atoms with Gasteiger partial charge >= 0.3 is 0 Å². The fourth-order valence-corrected chi connectivity index (χ4v) is 0.808. The molecule has 0 aromatic heterocycles. The van der Waals surface area contributed by atoms with Gasteiger partial charge in [0.2, 0.25) is 0 Å². The van der Waals surface area contributed by atoms with Gasteiger partial charge in [-0.1, -0.05) is 15.9 Å². The van der Waals surface area contributed by atoms with Gasteiger partial charge in [0.25, 0.3) is 0 Å². The fourth-order valence-electron chi connectivity index (χ4n) is 0.716. The summed E-state index contributed by atoms with van der Waals surface area (Å²) < 4.78 is 0. The van der Waals surface area contributed by atoms with Gasteiger partial charge in [0.05, 0.1) is 10.7 Å². The molecule has 0 bridgehead atoms. The Labute approximate surface area is 89.0 Å². The average molecular weight is 248 g/mol. The fraction of sp³-hybridized carbons (Fsp3) is 0.667. The van der Waals surface area contributed by atoms with Crippen LogP contribution in [0.1, 0.15) is 20.8 Å². The van der Waals surface area contributed by atoms with Crippen LogP contribution in [-0.2, 0) is 0 Å². The molecule has 0 heterocycles. The second-order valence-corrected chi connectivity index (χ2v) is 4.27. The Hall–Kier alpha value is -0.510. The van der Waals surface area contributed by atoms with Crippen LogP contribution in [0.2, 0.25) is 0 Å². The quantitative estimate of drug-likeness (QED) is 0.357. The first-order chi connectivity index (χ1) is 5.99. The first kappa shape index (κ1) is 12.5. The van der Waals surface area contributed by atoms with Gasteiger partial charge in [0.1, 0.15) is 0 Å². The van der Waals surface area contributed by atoms with Crippen LogP contribution in [0.3, 0.4) is 0 Å². The van der Waals surface area contributed by atoms with Crippen molar-refractivity contribution in [2.75, 3.05) is 14.1 Å². The highest BCUT2D eigenvalue weighted by atomic mass is 79.9. The van der Waals surface area contributed by atoms with Crippen LogP contribution in [0.4, 0.5) is 0 Å². The Kier molecular flexibility index (Phi) is 5.79. The molecule has 0 spiro atoms. The summed E-state index contributed by atoms with van der Waals surface area (Å²) in [5.74, 6) is 0.